The van der Waals surface area contributed by atoms with Crippen LogP contribution in [0, 0.1) is 5.92 Å². The van der Waals surface area contributed by atoms with Crippen LogP contribution in [0.3, 0.4) is 0 Å². The minimum atomic E-state index is -3.56. The minimum Gasteiger partial charge on any atom is -0.350 e. The van der Waals surface area contributed by atoms with Crippen LogP contribution in [0.25, 0.3) is 0 Å². The lowest BCUT2D eigenvalue weighted by molar-refractivity contribution is -0.0956. The quantitative estimate of drug-likeness (QED) is 0.795. The zero-order chi connectivity index (χ0) is 19.4. The highest BCUT2D eigenvalue weighted by Crippen LogP contribution is 2.26. The number of benzene rings is 1. The standard InChI is InChI=1S/C19H28N2O5S/c1-3-14(2)20-27(23,24)17-6-4-15(5-7-17)18(22)21-10-8-16(9-11-21)19-25-12-13-26-19/h4-7,14,16,19-20H,3,8-13H2,1-2H3. The summed E-state index contributed by atoms with van der Waals surface area (Å²) in [6.07, 6.45) is 2.27. The van der Waals surface area contributed by atoms with Crippen molar-refractivity contribution < 1.29 is 22.7 Å². The monoisotopic (exact) mass is 396 g/mol. The van der Waals surface area contributed by atoms with Crippen LogP contribution in [0.5, 0.6) is 0 Å². The SMILES string of the molecule is CCC(C)NS(=O)(=O)c1ccc(C(=O)N2CCC(C3OCCO3)CC2)cc1. The molecule has 2 saturated heterocycles. The highest BCUT2D eigenvalue weighted by molar-refractivity contribution is 7.89. The largest absolute Gasteiger partial charge is 0.350 e. The molecule has 0 spiro atoms. The fourth-order valence-corrected chi connectivity index (χ4v) is 4.73. The molecule has 2 fully saturated rings. The Labute approximate surface area is 161 Å². The molecule has 0 aliphatic carbocycles. The third-order valence-corrected chi connectivity index (χ3v) is 6.85. The number of carbonyl (C=O) groups is 1. The predicted molar refractivity (Wildman–Crippen MR) is 101 cm³/mol. The number of ether oxygens (including phenoxy) is 2. The van der Waals surface area contributed by atoms with Crippen LogP contribution in [-0.4, -0.2) is 57.9 Å². The molecular weight excluding hydrogens is 368 g/mol. The Balaban J connectivity index is 1.59. The van der Waals surface area contributed by atoms with Gasteiger partial charge in [0, 0.05) is 30.6 Å². The summed E-state index contributed by atoms with van der Waals surface area (Å²) in [5.41, 5.74) is 0.504. The van der Waals surface area contributed by atoms with Crippen LogP contribution in [0.2, 0.25) is 0 Å². The van der Waals surface area contributed by atoms with Gasteiger partial charge in [0.1, 0.15) is 0 Å². The molecular formula is C19H28N2O5S. The van der Waals surface area contributed by atoms with Crippen LogP contribution < -0.4 is 4.72 Å². The highest BCUT2D eigenvalue weighted by Gasteiger charge is 2.32. The second-order valence-corrected chi connectivity index (χ2v) is 8.91. The summed E-state index contributed by atoms with van der Waals surface area (Å²) in [5.74, 6) is 0.260. The van der Waals surface area contributed by atoms with Gasteiger partial charge in [-0.15, -0.1) is 0 Å². The van der Waals surface area contributed by atoms with E-state index >= 15 is 0 Å². The van der Waals surface area contributed by atoms with E-state index in [1.165, 1.54) is 12.1 Å². The number of carbonyl (C=O) groups excluding carboxylic acids is 1. The maximum atomic E-state index is 12.7. The first-order valence-electron chi connectivity index (χ1n) is 9.55. The fraction of sp³-hybridized carbons (Fsp3) is 0.632. The predicted octanol–water partition coefficient (Wildman–Crippen LogP) is 1.99. The number of piperidine rings is 1. The van der Waals surface area contributed by atoms with Crippen molar-refractivity contribution in [2.75, 3.05) is 26.3 Å². The van der Waals surface area contributed by atoms with E-state index in [4.69, 9.17) is 9.47 Å². The van der Waals surface area contributed by atoms with Gasteiger partial charge in [0.2, 0.25) is 10.0 Å². The molecule has 2 aliphatic rings. The van der Waals surface area contributed by atoms with Gasteiger partial charge in [-0.1, -0.05) is 6.92 Å². The van der Waals surface area contributed by atoms with E-state index in [2.05, 4.69) is 4.72 Å². The molecule has 1 aromatic rings. The topological polar surface area (TPSA) is 84.9 Å². The molecule has 0 bridgehead atoms. The second kappa shape index (κ2) is 8.68. The first-order chi connectivity index (χ1) is 12.9. The van der Waals surface area contributed by atoms with Gasteiger partial charge in [0.25, 0.3) is 5.91 Å². The molecule has 8 heteroatoms. The maximum absolute atomic E-state index is 12.7. The summed E-state index contributed by atoms with van der Waals surface area (Å²) in [5, 5.41) is 0. The third kappa shape index (κ3) is 4.87. The van der Waals surface area contributed by atoms with Gasteiger partial charge < -0.3 is 14.4 Å². The van der Waals surface area contributed by atoms with E-state index in [0.29, 0.717) is 44.2 Å². The van der Waals surface area contributed by atoms with Crippen molar-refractivity contribution in [2.24, 2.45) is 5.92 Å². The lowest BCUT2D eigenvalue weighted by Gasteiger charge is -2.33. The van der Waals surface area contributed by atoms with E-state index in [1.807, 2.05) is 18.7 Å². The maximum Gasteiger partial charge on any atom is 0.253 e. The first-order valence-corrected chi connectivity index (χ1v) is 11.0. The number of sulfonamides is 1. The highest BCUT2D eigenvalue weighted by atomic mass is 32.2. The summed E-state index contributed by atoms with van der Waals surface area (Å²) >= 11 is 0. The molecule has 1 unspecified atom stereocenters. The van der Waals surface area contributed by atoms with Crippen LogP contribution in [-0.2, 0) is 19.5 Å². The van der Waals surface area contributed by atoms with Gasteiger partial charge in [-0.25, -0.2) is 13.1 Å². The van der Waals surface area contributed by atoms with E-state index < -0.39 is 10.0 Å². The van der Waals surface area contributed by atoms with Crippen LogP contribution >= 0.6 is 0 Å². The molecule has 2 heterocycles. The summed E-state index contributed by atoms with van der Waals surface area (Å²) in [6, 6.07) is 6.02. The molecule has 27 heavy (non-hydrogen) atoms. The molecule has 7 nitrogen and oxygen atoms in total. The van der Waals surface area contributed by atoms with E-state index in [-0.39, 0.29) is 23.1 Å². The van der Waals surface area contributed by atoms with Crippen LogP contribution in [0.15, 0.2) is 29.2 Å². The number of nitrogens with one attached hydrogen (secondary N) is 1. The van der Waals surface area contributed by atoms with Crippen LogP contribution in [0.1, 0.15) is 43.5 Å². The van der Waals surface area contributed by atoms with Crippen molar-refractivity contribution in [3.8, 4) is 0 Å². The van der Waals surface area contributed by atoms with E-state index in [0.717, 1.165) is 12.8 Å². The Morgan fingerprint density at radius 2 is 1.78 bits per heavy atom. The Kier molecular flexibility index (Phi) is 6.52. The molecule has 1 amide bonds. The van der Waals surface area contributed by atoms with Gasteiger partial charge in [0.15, 0.2) is 6.29 Å². The van der Waals surface area contributed by atoms with Gasteiger partial charge in [0.05, 0.1) is 18.1 Å². The van der Waals surface area contributed by atoms with Crippen molar-refractivity contribution >= 4 is 15.9 Å². The fourth-order valence-electron chi connectivity index (χ4n) is 3.40. The van der Waals surface area contributed by atoms with Crippen molar-refractivity contribution in [3.63, 3.8) is 0 Å². The zero-order valence-electron chi connectivity index (χ0n) is 15.9. The molecule has 1 N–H and O–H groups in total. The first kappa shape index (κ1) is 20.3. The molecule has 1 atom stereocenters. The van der Waals surface area contributed by atoms with Crippen LogP contribution in [0.4, 0.5) is 0 Å². The van der Waals surface area contributed by atoms with E-state index in [1.54, 1.807) is 12.1 Å². The number of rotatable bonds is 6. The van der Waals surface area contributed by atoms with Crippen molar-refractivity contribution in [3.05, 3.63) is 29.8 Å². The molecule has 2 aliphatic heterocycles. The van der Waals surface area contributed by atoms with Gasteiger partial charge in [-0.05, 0) is 50.5 Å². The number of amides is 1. The minimum absolute atomic E-state index is 0.0689. The molecule has 0 saturated carbocycles. The number of hydrogen-bond acceptors (Lipinski definition) is 5. The summed E-state index contributed by atoms with van der Waals surface area (Å²) < 4.78 is 38.4. The van der Waals surface area contributed by atoms with Gasteiger partial charge >= 0.3 is 0 Å². The van der Waals surface area contributed by atoms with Crippen molar-refractivity contribution in [2.45, 2.75) is 50.3 Å². The smallest absolute Gasteiger partial charge is 0.253 e. The Hall–Kier alpha value is -1.48. The van der Waals surface area contributed by atoms with Gasteiger partial charge in [-0.3, -0.25) is 4.79 Å². The Morgan fingerprint density at radius 3 is 2.33 bits per heavy atom. The number of nitrogens with zero attached hydrogens (tertiary/aromatic N) is 1. The second-order valence-electron chi connectivity index (χ2n) is 7.19. The molecule has 1 aromatic carbocycles. The molecule has 0 aromatic heterocycles. The number of hydrogen-bond donors (Lipinski definition) is 1. The Bertz CT molecular complexity index is 736. The summed E-state index contributed by atoms with van der Waals surface area (Å²) in [6.45, 7) is 6.34. The Morgan fingerprint density at radius 1 is 1.19 bits per heavy atom. The number of likely N-dealkylation sites (tertiary alicyclic amines) is 1. The lowest BCUT2D eigenvalue weighted by Crippen LogP contribution is -2.41. The zero-order valence-corrected chi connectivity index (χ0v) is 16.7. The third-order valence-electron chi connectivity index (χ3n) is 5.24. The normalized spacial score (nSPS) is 20.7. The molecule has 150 valence electrons. The van der Waals surface area contributed by atoms with E-state index in [9.17, 15) is 13.2 Å². The average molecular weight is 397 g/mol. The summed E-state index contributed by atoms with van der Waals surface area (Å²) in [4.78, 5) is 14.7. The van der Waals surface area contributed by atoms with Crippen molar-refractivity contribution in [1.29, 1.82) is 0 Å². The van der Waals surface area contributed by atoms with Crippen molar-refractivity contribution in [1.82, 2.24) is 9.62 Å². The molecule has 0 radical (unpaired) electrons. The van der Waals surface area contributed by atoms with Gasteiger partial charge in [-0.2, -0.15) is 0 Å². The summed E-state index contributed by atoms with van der Waals surface area (Å²) in [7, 11) is -3.56. The lowest BCUT2D eigenvalue weighted by atomic mass is 9.95. The molecule has 3 rings (SSSR count). The average Bonchev–Trinajstić information content (AvgIpc) is 3.22.